The molecule has 3 heteroatoms. The minimum Gasteiger partial charge on any atom is -0.455 e. The molecule has 0 N–H and O–H groups in total. The van der Waals surface area contributed by atoms with Crippen molar-refractivity contribution in [3.8, 4) is 22.3 Å². The Morgan fingerprint density at radius 1 is 0.340 bits per heavy atom. The predicted octanol–water partition coefficient (Wildman–Crippen LogP) is 14.6. The lowest BCUT2D eigenvalue weighted by Gasteiger charge is -2.26. The first-order valence-corrected chi connectivity index (χ1v) is 18.0. The Morgan fingerprint density at radius 2 is 1.00 bits per heavy atom. The van der Waals surface area contributed by atoms with Crippen LogP contribution in [0, 0.1) is 0 Å². The average Bonchev–Trinajstić information content (AvgIpc) is 3.81. The van der Waals surface area contributed by atoms with E-state index in [1.807, 2.05) is 0 Å². The molecule has 53 heavy (non-hydrogen) atoms. The van der Waals surface area contributed by atoms with Crippen molar-refractivity contribution in [3.05, 3.63) is 188 Å². The Kier molecular flexibility index (Phi) is 6.55. The van der Waals surface area contributed by atoms with Gasteiger partial charge in [0.2, 0.25) is 0 Å². The molecule has 9 aromatic carbocycles. The third-order valence-electron chi connectivity index (χ3n) is 10.6. The molecular formula is C50H31NO2. The highest BCUT2D eigenvalue weighted by atomic mass is 16.3. The third kappa shape index (κ3) is 4.68. The zero-order chi connectivity index (χ0) is 34.9. The Labute approximate surface area is 305 Å². The summed E-state index contributed by atoms with van der Waals surface area (Å²) in [7, 11) is 0. The van der Waals surface area contributed by atoms with Crippen LogP contribution in [0.4, 0.5) is 17.1 Å². The Bertz CT molecular complexity index is 3160. The first-order chi connectivity index (χ1) is 26.3. The first-order valence-electron chi connectivity index (χ1n) is 18.0. The van der Waals surface area contributed by atoms with Gasteiger partial charge in [-0.1, -0.05) is 127 Å². The average molecular weight is 678 g/mol. The van der Waals surface area contributed by atoms with E-state index >= 15 is 0 Å². The fourth-order valence-corrected chi connectivity index (χ4v) is 8.16. The van der Waals surface area contributed by atoms with Crippen LogP contribution in [0.2, 0.25) is 0 Å². The summed E-state index contributed by atoms with van der Waals surface area (Å²) in [6.07, 6.45) is 0. The van der Waals surface area contributed by atoms with Gasteiger partial charge in [-0.05, 0) is 93.7 Å². The van der Waals surface area contributed by atoms with Crippen LogP contribution in [0.5, 0.6) is 0 Å². The molecule has 11 rings (SSSR count). The molecular weight excluding hydrogens is 647 g/mol. The number of benzene rings is 9. The van der Waals surface area contributed by atoms with Crippen LogP contribution < -0.4 is 4.90 Å². The summed E-state index contributed by atoms with van der Waals surface area (Å²) < 4.78 is 13.2. The molecule has 0 amide bonds. The minimum absolute atomic E-state index is 0.871. The highest BCUT2D eigenvalue weighted by Crippen LogP contribution is 2.45. The molecule has 0 unspecified atom stereocenters. The van der Waals surface area contributed by atoms with E-state index in [2.05, 4.69) is 193 Å². The number of hydrogen-bond donors (Lipinski definition) is 0. The molecule has 2 heterocycles. The van der Waals surface area contributed by atoms with E-state index in [1.54, 1.807) is 0 Å². The van der Waals surface area contributed by atoms with Crippen molar-refractivity contribution in [2.24, 2.45) is 0 Å². The quantitative estimate of drug-likeness (QED) is 0.182. The second kappa shape index (κ2) is 11.7. The van der Waals surface area contributed by atoms with Crippen molar-refractivity contribution in [1.82, 2.24) is 0 Å². The maximum Gasteiger partial charge on any atom is 0.143 e. The zero-order valence-electron chi connectivity index (χ0n) is 28.7. The molecule has 0 saturated heterocycles. The summed E-state index contributed by atoms with van der Waals surface area (Å²) >= 11 is 0. The van der Waals surface area contributed by atoms with Crippen LogP contribution >= 0.6 is 0 Å². The standard InChI is InChI=1S/C50H31NO2/c1-3-12-33(13-4-1)42-31-44-43-30-35(25-29-46(43)52-50(44)40-19-10-9-18-39(40)42)32-22-26-37(27-23-32)51(36-15-5-2-6-16-36)45-20-11-21-47-48(45)41-28-24-34-14-7-8-17-38(34)49(41)53-47/h1-31H. The van der Waals surface area contributed by atoms with Crippen molar-refractivity contribution in [1.29, 1.82) is 0 Å². The van der Waals surface area contributed by atoms with Crippen LogP contribution in [-0.4, -0.2) is 0 Å². The van der Waals surface area contributed by atoms with E-state index in [4.69, 9.17) is 8.83 Å². The van der Waals surface area contributed by atoms with Gasteiger partial charge in [0.05, 0.1) is 11.1 Å². The fraction of sp³-hybridized carbons (Fsp3) is 0. The molecule has 0 radical (unpaired) electrons. The molecule has 0 aliphatic carbocycles. The van der Waals surface area contributed by atoms with Gasteiger partial charge in [-0.25, -0.2) is 0 Å². The lowest BCUT2D eigenvalue weighted by Crippen LogP contribution is -2.10. The van der Waals surface area contributed by atoms with E-state index in [-0.39, 0.29) is 0 Å². The van der Waals surface area contributed by atoms with E-state index in [0.29, 0.717) is 0 Å². The van der Waals surface area contributed by atoms with Crippen LogP contribution in [0.25, 0.3) is 87.7 Å². The monoisotopic (exact) mass is 677 g/mol. The SMILES string of the molecule is c1ccc(-c2cc3c4cc(-c5ccc(N(c6ccccc6)c6cccc7oc8c9ccccc9ccc8c67)cc5)ccc4oc3c3ccccc23)cc1. The number of hydrogen-bond acceptors (Lipinski definition) is 3. The van der Waals surface area contributed by atoms with Crippen LogP contribution in [0.1, 0.15) is 0 Å². The van der Waals surface area contributed by atoms with Gasteiger partial charge in [-0.15, -0.1) is 0 Å². The van der Waals surface area contributed by atoms with E-state index in [9.17, 15) is 0 Å². The molecule has 2 aromatic heterocycles. The summed E-state index contributed by atoms with van der Waals surface area (Å²) in [5.41, 5.74) is 11.5. The van der Waals surface area contributed by atoms with Gasteiger partial charge in [0.25, 0.3) is 0 Å². The highest BCUT2D eigenvalue weighted by molar-refractivity contribution is 6.21. The zero-order valence-corrected chi connectivity index (χ0v) is 28.7. The molecule has 3 nitrogen and oxygen atoms in total. The Balaban J connectivity index is 1.05. The molecule has 0 fully saturated rings. The van der Waals surface area contributed by atoms with Crippen molar-refractivity contribution in [2.45, 2.75) is 0 Å². The molecule has 11 aromatic rings. The van der Waals surface area contributed by atoms with Crippen LogP contribution in [-0.2, 0) is 0 Å². The number of rotatable bonds is 5. The topological polar surface area (TPSA) is 29.5 Å². The summed E-state index contributed by atoms with van der Waals surface area (Å²) in [4.78, 5) is 2.33. The summed E-state index contributed by atoms with van der Waals surface area (Å²) in [5, 5.41) is 9.05. The van der Waals surface area contributed by atoms with Gasteiger partial charge >= 0.3 is 0 Å². The summed E-state index contributed by atoms with van der Waals surface area (Å²) in [6.45, 7) is 0. The lowest BCUT2D eigenvalue weighted by molar-refractivity contribution is 0.672. The van der Waals surface area contributed by atoms with E-state index in [1.165, 1.54) is 21.9 Å². The maximum absolute atomic E-state index is 6.59. The lowest BCUT2D eigenvalue weighted by atomic mass is 9.95. The second-order valence-electron chi connectivity index (χ2n) is 13.7. The summed E-state index contributed by atoms with van der Waals surface area (Å²) in [6, 6.07) is 66.6. The molecule has 0 aliphatic rings. The molecule has 0 atom stereocenters. The Morgan fingerprint density at radius 3 is 1.83 bits per heavy atom. The number of para-hydroxylation sites is 1. The Hall–Kier alpha value is -7.10. The van der Waals surface area contributed by atoms with Crippen molar-refractivity contribution >= 4 is 82.5 Å². The smallest absolute Gasteiger partial charge is 0.143 e. The number of anilines is 3. The van der Waals surface area contributed by atoms with Crippen LogP contribution in [0.3, 0.4) is 0 Å². The van der Waals surface area contributed by atoms with E-state index < -0.39 is 0 Å². The molecule has 0 spiro atoms. The van der Waals surface area contributed by atoms with Crippen molar-refractivity contribution < 1.29 is 8.83 Å². The molecule has 0 bridgehead atoms. The molecule has 0 aliphatic heterocycles. The van der Waals surface area contributed by atoms with Crippen molar-refractivity contribution in [2.75, 3.05) is 4.90 Å². The fourth-order valence-electron chi connectivity index (χ4n) is 8.16. The second-order valence-corrected chi connectivity index (χ2v) is 13.7. The van der Waals surface area contributed by atoms with Gasteiger partial charge in [-0.3, -0.25) is 0 Å². The van der Waals surface area contributed by atoms with Crippen molar-refractivity contribution in [3.63, 3.8) is 0 Å². The normalized spacial score (nSPS) is 11.8. The summed E-state index contributed by atoms with van der Waals surface area (Å²) in [5.74, 6) is 0. The molecule has 248 valence electrons. The van der Waals surface area contributed by atoms with Gasteiger partial charge in [0, 0.05) is 38.3 Å². The van der Waals surface area contributed by atoms with Gasteiger partial charge < -0.3 is 13.7 Å². The van der Waals surface area contributed by atoms with Gasteiger partial charge in [0.1, 0.15) is 22.3 Å². The van der Waals surface area contributed by atoms with Gasteiger partial charge in [-0.2, -0.15) is 0 Å². The first kappa shape index (κ1) is 29.6. The number of furan rings is 2. The van der Waals surface area contributed by atoms with E-state index in [0.717, 1.165) is 82.8 Å². The van der Waals surface area contributed by atoms with Crippen LogP contribution in [0.15, 0.2) is 197 Å². The predicted molar refractivity (Wildman–Crippen MR) is 222 cm³/mol. The largest absolute Gasteiger partial charge is 0.455 e. The maximum atomic E-state index is 6.59. The van der Waals surface area contributed by atoms with Gasteiger partial charge in [0.15, 0.2) is 0 Å². The molecule has 0 saturated carbocycles. The third-order valence-corrected chi connectivity index (χ3v) is 10.6. The highest BCUT2D eigenvalue weighted by Gasteiger charge is 2.21. The number of fused-ring (bicyclic) bond motifs is 10. The minimum atomic E-state index is 0.871. The number of nitrogens with zero attached hydrogens (tertiary/aromatic N) is 1.